The van der Waals surface area contributed by atoms with Crippen molar-refractivity contribution in [2.45, 2.75) is 19.6 Å². The van der Waals surface area contributed by atoms with Crippen molar-refractivity contribution < 1.29 is 9.63 Å². The van der Waals surface area contributed by atoms with Crippen LogP contribution >= 0.6 is 11.8 Å². The van der Waals surface area contributed by atoms with Gasteiger partial charge in [-0.15, -0.1) is 0 Å². The van der Waals surface area contributed by atoms with Crippen LogP contribution in [0.3, 0.4) is 0 Å². The summed E-state index contributed by atoms with van der Waals surface area (Å²) in [6, 6.07) is 1.94. The van der Waals surface area contributed by atoms with Crippen molar-refractivity contribution in [3.8, 4) is 0 Å². The molecule has 0 radical (unpaired) electrons. The number of aliphatic hydroxyl groups excluding tert-OH is 1. The Labute approximate surface area is 82.5 Å². The minimum Gasteiger partial charge on any atom is -0.396 e. The van der Waals surface area contributed by atoms with Crippen LogP contribution in [0.1, 0.15) is 18.4 Å². The molecule has 0 aliphatic carbocycles. The molecule has 3 nitrogen and oxygen atoms in total. The van der Waals surface area contributed by atoms with E-state index in [4.69, 9.17) is 9.63 Å². The summed E-state index contributed by atoms with van der Waals surface area (Å²) in [5.41, 5.74) is 0.979. The minimum atomic E-state index is 0.255. The van der Waals surface area contributed by atoms with E-state index in [0.717, 1.165) is 23.0 Å². The second-order valence-electron chi connectivity index (χ2n) is 3.23. The van der Waals surface area contributed by atoms with E-state index in [2.05, 4.69) is 5.16 Å². The molecule has 1 atom stereocenters. The quantitative estimate of drug-likeness (QED) is 0.789. The van der Waals surface area contributed by atoms with E-state index in [0.29, 0.717) is 5.92 Å². The molecule has 1 unspecified atom stereocenters. The zero-order valence-electron chi connectivity index (χ0n) is 7.99. The van der Waals surface area contributed by atoms with Gasteiger partial charge in [-0.05, 0) is 18.6 Å². The van der Waals surface area contributed by atoms with Gasteiger partial charge in [-0.25, -0.2) is 0 Å². The van der Waals surface area contributed by atoms with E-state index >= 15 is 0 Å². The van der Waals surface area contributed by atoms with Gasteiger partial charge in [-0.1, -0.05) is 12.1 Å². The van der Waals surface area contributed by atoms with Gasteiger partial charge in [0, 0.05) is 18.4 Å². The Bertz CT molecular complexity index is 250. The first-order valence-electron chi connectivity index (χ1n) is 4.33. The Hall–Kier alpha value is -0.480. The highest BCUT2D eigenvalue weighted by molar-refractivity contribution is 7.98. The van der Waals surface area contributed by atoms with Crippen molar-refractivity contribution in [3.63, 3.8) is 0 Å². The SMILES string of the molecule is Cc1cc(CSCC(C)CO)no1. The van der Waals surface area contributed by atoms with Crippen molar-refractivity contribution in [1.82, 2.24) is 5.16 Å². The van der Waals surface area contributed by atoms with Crippen LogP contribution in [0.15, 0.2) is 10.6 Å². The zero-order valence-corrected chi connectivity index (χ0v) is 8.80. The second kappa shape index (κ2) is 5.29. The molecular formula is C9H15NO2S. The fourth-order valence-corrected chi connectivity index (χ4v) is 1.87. The maximum atomic E-state index is 8.79. The van der Waals surface area contributed by atoms with E-state index in [9.17, 15) is 0 Å². The van der Waals surface area contributed by atoms with Gasteiger partial charge in [0.15, 0.2) is 0 Å². The molecule has 0 amide bonds. The van der Waals surface area contributed by atoms with Gasteiger partial charge in [-0.2, -0.15) is 11.8 Å². The lowest BCUT2D eigenvalue weighted by Crippen LogP contribution is -2.03. The first-order valence-corrected chi connectivity index (χ1v) is 5.48. The van der Waals surface area contributed by atoms with Gasteiger partial charge in [0.1, 0.15) is 5.76 Å². The van der Waals surface area contributed by atoms with Crippen LogP contribution in [-0.4, -0.2) is 22.6 Å². The number of rotatable bonds is 5. The van der Waals surface area contributed by atoms with Crippen molar-refractivity contribution in [2.75, 3.05) is 12.4 Å². The largest absolute Gasteiger partial charge is 0.396 e. The number of aryl methyl sites for hydroxylation is 1. The topological polar surface area (TPSA) is 46.3 Å². The summed E-state index contributed by atoms with van der Waals surface area (Å²) in [5.74, 6) is 3.04. The highest BCUT2D eigenvalue weighted by Crippen LogP contribution is 2.14. The average molecular weight is 201 g/mol. The van der Waals surface area contributed by atoms with Crippen LogP contribution in [0.5, 0.6) is 0 Å². The van der Waals surface area contributed by atoms with Crippen LogP contribution in [0, 0.1) is 12.8 Å². The first kappa shape index (κ1) is 10.6. The van der Waals surface area contributed by atoms with E-state index < -0.39 is 0 Å². The second-order valence-corrected chi connectivity index (χ2v) is 4.26. The first-order chi connectivity index (χ1) is 6.22. The Kier molecular flexibility index (Phi) is 4.32. The van der Waals surface area contributed by atoms with Crippen molar-refractivity contribution in [1.29, 1.82) is 0 Å². The Morgan fingerprint density at radius 1 is 1.69 bits per heavy atom. The molecule has 0 spiro atoms. The molecule has 1 heterocycles. The average Bonchev–Trinajstić information content (AvgIpc) is 2.51. The van der Waals surface area contributed by atoms with Gasteiger partial charge < -0.3 is 9.63 Å². The Balaban J connectivity index is 2.20. The standard InChI is InChI=1S/C9H15NO2S/c1-7(4-11)5-13-6-9-3-8(2)12-10-9/h3,7,11H,4-6H2,1-2H3. The number of hydrogen-bond acceptors (Lipinski definition) is 4. The molecule has 0 saturated heterocycles. The number of thioether (sulfide) groups is 1. The third kappa shape index (κ3) is 3.83. The third-order valence-corrected chi connectivity index (χ3v) is 2.95. The number of nitrogens with zero attached hydrogens (tertiary/aromatic N) is 1. The summed E-state index contributed by atoms with van der Waals surface area (Å²) in [4.78, 5) is 0. The number of hydrogen-bond donors (Lipinski definition) is 1. The van der Waals surface area contributed by atoms with Gasteiger partial charge in [-0.3, -0.25) is 0 Å². The minimum absolute atomic E-state index is 0.255. The summed E-state index contributed by atoms with van der Waals surface area (Å²) in [5, 5.41) is 12.7. The van der Waals surface area contributed by atoms with Crippen LogP contribution in [0.4, 0.5) is 0 Å². The number of aliphatic hydroxyl groups is 1. The predicted octanol–water partition coefficient (Wildman–Crippen LogP) is 1.84. The Morgan fingerprint density at radius 2 is 2.46 bits per heavy atom. The van der Waals surface area contributed by atoms with E-state index in [1.54, 1.807) is 11.8 Å². The number of aromatic nitrogens is 1. The molecular weight excluding hydrogens is 186 g/mol. The molecule has 4 heteroatoms. The summed E-state index contributed by atoms with van der Waals surface area (Å²) < 4.78 is 4.94. The van der Waals surface area contributed by atoms with Crippen molar-refractivity contribution in [3.05, 3.63) is 17.5 Å². The summed E-state index contributed by atoms with van der Waals surface area (Å²) in [6.07, 6.45) is 0. The molecule has 74 valence electrons. The molecule has 1 N–H and O–H groups in total. The molecule has 0 fully saturated rings. The van der Waals surface area contributed by atoms with Crippen LogP contribution < -0.4 is 0 Å². The summed E-state index contributed by atoms with van der Waals surface area (Å²) in [6.45, 7) is 4.17. The smallest absolute Gasteiger partial charge is 0.133 e. The molecule has 0 aromatic carbocycles. The van der Waals surface area contributed by atoms with Gasteiger partial charge in [0.25, 0.3) is 0 Å². The van der Waals surface area contributed by atoms with Crippen LogP contribution in [-0.2, 0) is 5.75 Å². The lowest BCUT2D eigenvalue weighted by atomic mass is 10.2. The molecule has 1 aromatic heterocycles. The van der Waals surface area contributed by atoms with Crippen LogP contribution in [0.25, 0.3) is 0 Å². The van der Waals surface area contributed by atoms with Gasteiger partial charge in [0.2, 0.25) is 0 Å². The highest BCUT2D eigenvalue weighted by atomic mass is 32.2. The summed E-state index contributed by atoms with van der Waals surface area (Å²) in [7, 11) is 0. The molecule has 1 rings (SSSR count). The maximum absolute atomic E-state index is 8.79. The maximum Gasteiger partial charge on any atom is 0.133 e. The van der Waals surface area contributed by atoms with E-state index in [1.165, 1.54) is 0 Å². The lowest BCUT2D eigenvalue weighted by molar-refractivity contribution is 0.250. The fourth-order valence-electron chi connectivity index (χ4n) is 0.903. The normalized spacial score (nSPS) is 13.2. The highest BCUT2D eigenvalue weighted by Gasteiger charge is 2.03. The zero-order chi connectivity index (χ0) is 9.68. The Morgan fingerprint density at radius 3 is 3.00 bits per heavy atom. The molecule has 0 bridgehead atoms. The molecule has 13 heavy (non-hydrogen) atoms. The fraction of sp³-hybridized carbons (Fsp3) is 0.667. The van der Waals surface area contributed by atoms with Crippen molar-refractivity contribution >= 4 is 11.8 Å². The predicted molar refractivity (Wildman–Crippen MR) is 53.7 cm³/mol. The molecule has 0 aliphatic rings. The summed E-state index contributed by atoms with van der Waals surface area (Å²) >= 11 is 1.77. The van der Waals surface area contributed by atoms with E-state index in [-0.39, 0.29) is 6.61 Å². The monoisotopic (exact) mass is 201 g/mol. The van der Waals surface area contributed by atoms with Gasteiger partial charge >= 0.3 is 0 Å². The molecule has 0 aliphatic heterocycles. The van der Waals surface area contributed by atoms with Crippen molar-refractivity contribution in [2.24, 2.45) is 5.92 Å². The van der Waals surface area contributed by atoms with Gasteiger partial charge in [0.05, 0.1) is 5.69 Å². The van der Waals surface area contributed by atoms with Crippen LogP contribution in [0.2, 0.25) is 0 Å². The van der Waals surface area contributed by atoms with E-state index in [1.807, 2.05) is 19.9 Å². The lowest BCUT2D eigenvalue weighted by Gasteiger charge is -2.04. The molecule has 0 saturated carbocycles. The molecule has 1 aromatic rings. The third-order valence-electron chi connectivity index (χ3n) is 1.64.